The number of H-pyrrole nitrogens is 1. The van der Waals surface area contributed by atoms with Crippen LogP contribution in [0.4, 0.5) is 29.3 Å². The van der Waals surface area contributed by atoms with Crippen LogP contribution in [0.1, 0.15) is 11.3 Å². The minimum absolute atomic E-state index is 0.0320. The number of aromatic nitrogens is 2. The van der Waals surface area contributed by atoms with Gasteiger partial charge in [-0.25, -0.2) is 13.2 Å². The van der Waals surface area contributed by atoms with Crippen LogP contribution in [0, 0.1) is 0 Å². The zero-order valence-corrected chi connectivity index (χ0v) is 18.9. The first kappa shape index (κ1) is 23.5. The normalized spacial score (nSPS) is 11.9. The molecular weight excluding hydrogens is 489 g/mol. The lowest BCUT2D eigenvalue weighted by Crippen LogP contribution is -2.20. The van der Waals surface area contributed by atoms with Crippen molar-refractivity contribution in [3.8, 4) is 11.1 Å². The van der Waals surface area contributed by atoms with Gasteiger partial charge in [0.2, 0.25) is 0 Å². The predicted molar refractivity (Wildman–Crippen MR) is 123 cm³/mol. The number of anilines is 2. The highest BCUT2D eigenvalue weighted by Crippen LogP contribution is 2.33. The fraction of sp³-hybridized carbons (Fsp3) is 0.0909. The number of halogens is 3. The molecule has 7 nitrogen and oxygen atoms in total. The Morgan fingerprint density at radius 3 is 2.56 bits per heavy atom. The molecule has 34 heavy (non-hydrogen) atoms. The maximum absolute atomic E-state index is 13.0. The highest BCUT2D eigenvalue weighted by molar-refractivity contribution is 7.90. The number of hydrogen-bond acceptors (Lipinski definition) is 5. The molecule has 0 spiro atoms. The average Bonchev–Trinajstić information content (AvgIpc) is 3.47. The monoisotopic (exact) mass is 506 g/mol. The number of carbonyl (C=O) groups excluding carboxylic acids is 1. The predicted octanol–water partition coefficient (Wildman–Crippen LogP) is 5.77. The molecule has 0 fully saturated rings. The van der Waals surface area contributed by atoms with Crippen molar-refractivity contribution in [1.82, 2.24) is 10.2 Å². The third-order valence-corrected chi connectivity index (χ3v) is 7.13. The van der Waals surface area contributed by atoms with Crippen LogP contribution >= 0.6 is 11.3 Å². The van der Waals surface area contributed by atoms with Gasteiger partial charge in [0.05, 0.1) is 27.6 Å². The molecule has 2 aromatic heterocycles. The minimum atomic E-state index is -4.56. The van der Waals surface area contributed by atoms with Crippen LogP contribution in [0.25, 0.3) is 11.1 Å². The van der Waals surface area contributed by atoms with E-state index in [4.69, 9.17) is 0 Å². The number of carbonyl (C=O) groups is 1. The Hall–Kier alpha value is -3.64. The maximum Gasteiger partial charge on any atom is 0.416 e. The molecule has 0 bridgehead atoms. The summed E-state index contributed by atoms with van der Waals surface area (Å²) < 4.78 is 64.6. The molecule has 0 aliphatic carbocycles. The fourth-order valence-electron chi connectivity index (χ4n) is 3.20. The number of aromatic amines is 1. The second-order valence-corrected chi connectivity index (χ2v) is 9.99. The molecule has 0 atom stereocenters. The van der Waals surface area contributed by atoms with Crippen LogP contribution < -0.4 is 10.6 Å². The minimum Gasteiger partial charge on any atom is -0.308 e. The first-order valence-electron chi connectivity index (χ1n) is 9.75. The van der Waals surface area contributed by atoms with Crippen LogP contribution in [0.2, 0.25) is 0 Å². The Balaban J connectivity index is 1.63. The summed E-state index contributed by atoms with van der Waals surface area (Å²) in [5.74, 6) is -0.319. The number of nitrogens with zero attached hydrogens (tertiary/aromatic N) is 1. The quantitative estimate of drug-likeness (QED) is 0.309. The van der Waals surface area contributed by atoms with E-state index in [1.807, 2.05) is 10.8 Å². The van der Waals surface area contributed by atoms with Gasteiger partial charge in [-0.1, -0.05) is 12.1 Å². The number of alkyl halides is 3. The van der Waals surface area contributed by atoms with E-state index in [1.54, 1.807) is 18.2 Å². The molecule has 3 N–H and O–H groups in total. The molecule has 4 aromatic rings. The lowest BCUT2D eigenvalue weighted by Gasteiger charge is -2.14. The topological polar surface area (TPSA) is 104 Å². The van der Waals surface area contributed by atoms with Gasteiger partial charge in [-0.2, -0.15) is 29.6 Å². The molecule has 2 aromatic carbocycles. The summed E-state index contributed by atoms with van der Waals surface area (Å²) in [6, 6.07) is 11.1. The number of benzene rings is 2. The van der Waals surface area contributed by atoms with Gasteiger partial charge >= 0.3 is 12.2 Å². The Bertz CT molecular complexity index is 1400. The zero-order chi connectivity index (χ0) is 24.3. The van der Waals surface area contributed by atoms with E-state index in [9.17, 15) is 26.4 Å². The van der Waals surface area contributed by atoms with Crippen molar-refractivity contribution in [1.29, 1.82) is 0 Å². The van der Waals surface area contributed by atoms with E-state index in [2.05, 4.69) is 20.8 Å². The number of rotatable bonds is 6. The standard InChI is InChI=1S/C22H17F3N4O3S2/c23-22(24,25)15-2-1-3-16(10-15)27-21(30)28-20-11-18(4-5-19(20)14-7-9-33-12-14)34(31,32)13-17-6-8-26-29-17/h1-12H,13H2,(H,26,29)(H2,27,28,30). The largest absolute Gasteiger partial charge is 0.416 e. The molecule has 2 amide bonds. The second-order valence-electron chi connectivity index (χ2n) is 7.22. The molecule has 4 rings (SSSR count). The summed E-state index contributed by atoms with van der Waals surface area (Å²) in [6.45, 7) is 0. The third kappa shape index (κ3) is 5.46. The number of sulfone groups is 1. The Labute approximate surface area is 196 Å². The van der Waals surface area contributed by atoms with Gasteiger partial charge in [0.1, 0.15) is 0 Å². The van der Waals surface area contributed by atoms with Crippen LogP contribution in [-0.4, -0.2) is 24.6 Å². The van der Waals surface area contributed by atoms with Crippen molar-refractivity contribution < 1.29 is 26.4 Å². The SMILES string of the molecule is O=C(Nc1cccc(C(F)(F)F)c1)Nc1cc(S(=O)(=O)Cc2ccn[nH]2)ccc1-c1ccsc1. The first-order chi connectivity index (χ1) is 16.1. The molecule has 0 aliphatic rings. The summed E-state index contributed by atoms with van der Waals surface area (Å²) in [6.07, 6.45) is -3.12. The summed E-state index contributed by atoms with van der Waals surface area (Å²) in [5, 5.41) is 14.9. The number of urea groups is 1. The van der Waals surface area contributed by atoms with Gasteiger partial charge in [-0.15, -0.1) is 0 Å². The maximum atomic E-state index is 13.0. The van der Waals surface area contributed by atoms with Gasteiger partial charge in [0.15, 0.2) is 9.84 Å². The van der Waals surface area contributed by atoms with Crippen LogP contribution in [0.3, 0.4) is 0 Å². The van der Waals surface area contributed by atoms with E-state index in [-0.39, 0.29) is 22.0 Å². The number of amides is 2. The van der Waals surface area contributed by atoms with E-state index in [0.29, 0.717) is 11.3 Å². The molecule has 0 radical (unpaired) electrons. The van der Waals surface area contributed by atoms with E-state index >= 15 is 0 Å². The van der Waals surface area contributed by atoms with Crippen LogP contribution in [0.5, 0.6) is 0 Å². The Morgan fingerprint density at radius 2 is 1.88 bits per heavy atom. The molecule has 0 saturated heterocycles. The third-order valence-electron chi connectivity index (χ3n) is 4.78. The lowest BCUT2D eigenvalue weighted by molar-refractivity contribution is -0.137. The number of thiophene rings is 1. The van der Waals surface area contributed by atoms with Gasteiger partial charge < -0.3 is 10.6 Å². The van der Waals surface area contributed by atoms with Crippen molar-refractivity contribution in [3.63, 3.8) is 0 Å². The van der Waals surface area contributed by atoms with Gasteiger partial charge in [0.25, 0.3) is 0 Å². The summed E-state index contributed by atoms with van der Waals surface area (Å²) in [5.41, 5.74) is 0.925. The van der Waals surface area contributed by atoms with Crippen molar-refractivity contribution in [2.75, 3.05) is 10.6 Å². The van der Waals surface area contributed by atoms with Gasteiger partial charge in [0, 0.05) is 17.4 Å². The number of hydrogen-bond donors (Lipinski definition) is 3. The Kier molecular flexibility index (Phi) is 6.44. The van der Waals surface area contributed by atoms with Gasteiger partial charge in [-0.05, 0) is 58.8 Å². The van der Waals surface area contributed by atoms with Crippen molar-refractivity contribution in [2.45, 2.75) is 16.8 Å². The Morgan fingerprint density at radius 1 is 1.06 bits per heavy atom. The fourth-order valence-corrected chi connectivity index (χ4v) is 5.17. The van der Waals surface area contributed by atoms with Crippen LogP contribution in [0.15, 0.2) is 76.4 Å². The highest BCUT2D eigenvalue weighted by atomic mass is 32.2. The molecule has 12 heteroatoms. The molecule has 0 saturated carbocycles. The summed E-state index contributed by atoms with van der Waals surface area (Å²) in [4.78, 5) is 12.6. The number of nitrogens with one attached hydrogen (secondary N) is 3. The summed E-state index contributed by atoms with van der Waals surface area (Å²) in [7, 11) is -3.77. The van der Waals surface area contributed by atoms with E-state index < -0.39 is 27.6 Å². The van der Waals surface area contributed by atoms with Gasteiger partial charge in [-0.3, -0.25) is 5.10 Å². The van der Waals surface area contributed by atoms with Crippen molar-refractivity contribution >= 4 is 38.6 Å². The average molecular weight is 507 g/mol. The molecule has 176 valence electrons. The van der Waals surface area contributed by atoms with Crippen LogP contribution in [-0.2, 0) is 21.8 Å². The van der Waals surface area contributed by atoms with Crippen molar-refractivity contribution in [2.24, 2.45) is 0 Å². The first-order valence-corrected chi connectivity index (χ1v) is 12.3. The van der Waals surface area contributed by atoms with E-state index in [0.717, 1.165) is 17.7 Å². The lowest BCUT2D eigenvalue weighted by atomic mass is 10.1. The second kappa shape index (κ2) is 9.31. The summed E-state index contributed by atoms with van der Waals surface area (Å²) >= 11 is 1.42. The molecule has 2 heterocycles. The smallest absolute Gasteiger partial charge is 0.308 e. The van der Waals surface area contributed by atoms with Crippen molar-refractivity contribution in [3.05, 3.63) is 82.8 Å². The zero-order valence-electron chi connectivity index (χ0n) is 17.3. The molecule has 0 unspecified atom stereocenters. The molecular formula is C22H17F3N4O3S2. The van der Waals surface area contributed by atoms with E-state index in [1.165, 1.54) is 41.8 Å². The highest BCUT2D eigenvalue weighted by Gasteiger charge is 2.30. The molecule has 0 aliphatic heterocycles.